The predicted molar refractivity (Wildman–Crippen MR) is 106 cm³/mol. The molecule has 0 spiro atoms. The Balaban J connectivity index is 1.40. The third-order valence-electron chi connectivity index (χ3n) is 7.20. The number of methoxy groups -OCH3 is 1. The Morgan fingerprint density at radius 1 is 1.15 bits per heavy atom. The van der Waals surface area contributed by atoms with Crippen molar-refractivity contribution in [2.45, 2.75) is 58.0 Å². The minimum Gasteiger partial charge on any atom is -0.493 e. The topological polar surface area (TPSA) is 30.5 Å². The summed E-state index contributed by atoms with van der Waals surface area (Å²) in [6.07, 6.45) is 10.6. The highest BCUT2D eigenvalue weighted by atomic mass is 16.5. The number of nitrogens with one attached hydrogen (secondary N) is 1. The van der Waals surface area contributed by atoms with Gasteiger partial charge >= 0.3 is 0 Å². The molecule has 4 aliphatic rings. The Kier molecular flexibility index (Phi) is 5.00. The fourth-order valence-corrected chi connectivity index (χ4v) is 6.29. The molecule has 1 aromatic carbocycles. The molecule has 142 valence electrons. The lowest BCUT2D eigenvalue weighted by Crippen LogP contribution is -2.54. The molecular weight excluding hydrogens is 322 g/mol. The van der Waals surface area contributed by atoms with Crippen LogP contribution in [0.15, 0.2) is 30.9 Å². The third kappa shape index (κ3) is 3.38. The second-order valence-corrected chi connectivity index (χ2v) is 8.97. The van der Waals surface area contributed by atoms with Gasteiger partial charge in [0.2, 0.25) is 0 Å². The van der Waals surface area contributed by atoms with Crippen LogP contribution < -0.4 is 14.8 Å². The number of ether oxygens (including phenoxy) is 2. The molecule has 0 aromatic heterocycles. The average molecular weight is 356 g/mol. The van der Waals surface area contributed by atoms with Crippen LogP contribution in [0.2, 0.25) is 0 Å². The van der Waals surface area contributed by atoms with Crippen LogP contribution in [0.4, 0.5) is 0 Å². The second-order valence-electron chi connectivity index (χ2n) is 8.97. The molecule has 0 radical (unpaired) electrons. The number of hydrogen-bond acceptors (Lipinski definition) is 3. The maximum Gasteiger partial charge on any atom is 0.161 e. The normalized spacial score (nSPS) is 33.1. The van der Waals surface area contributed by atoms with Gasteiger partial charge in [-0.2, -0.15) is 0 Å². The van der Waals surface area contributed by atoms with E-state index in [1.54, 1.807) is 13.2 Å². The molecule has 0 heterocycles. The van der Waals surface area contributed by atoms with Crippen molar-refractivity contribution in [3.8, 4) is 11.5 Å². The third-order valence-corrected chi connectivity index (χ3v) is 7.20. The van der Waals surface area contributed by atoms with E-state index in [1.807, 2.05) is 6.07 Å². The van der Waals surface area contributed by atoms with Gasteiger partial charge in [-0.25, -0.2) is 0 Å². The van der Waals surface area contributed by atoms with Crippen molar-refractivity contribution in [1.82, 2.24) is 5.32 Å². The zero-order chi connectivity index (χ0) is 18.1. The zero-order valence-corrected chi connectivity index (χ0v) is 16.3. The van der Waals surface area contributed by atoms with Crippen molar-refractivity contribution >= 4 is 0 Å². The van der Waals surface area contributed by atoms with Crippen LogP contribution in [0.5, 0.6) is 11.5 Å². The van der Waals surface area contributed by atoms with E-state index in [2.05, 4.69) is 31.0 Å². The highest BCUT2D eigenvalue weighted by molar-refractivity contribution is 5.43. The second kappa shape index (κ2) is 7.26. The van der Waals surface area contributed by atoms with Gasteiger partial charge in [0.05, 0.1) is 7.11 Å². The van der Waals surface area contributed by atoms with E-state index < -0.39 is 0 Å². The SMILES string of the molecule is C=CCOc1ccc(CNC(C)C23CC4CC(CC(C4)C2)C3)cc1OC. The smallest absolute Gasteiger partial charge is 0.161 e. The molecule has 4 aliphatic carbocycles. The minimum atomic E-state index is 0.497. The number of benzene rings is 1. The predicted octanol–water partition coefficient (Wildman–Crippen LogP) is 4.95. The van der Waals surface area contributed by atoms with Crippen molar-refractivity contribution in [1.29, 1.82) is 0 Å². The van der Waals surface area contributed by atoms with Crippen LogP contribution in [0.3, 0.4) is 0 Å². The summed E-state index contributed by atoms with van der Waals surface area (Å²) in [5.74, 6) is 4.60. The standard InChI is InChI=1S/C23H33NO2/c1-4-7-26-21-6-5-17(11-22(21)25-3)15-24-16(2)23-12-18-8-19(13-23)10-20(9-18)14-23/h4-6,11,16,18-20,24H,1,7-10,12-15H2,2-3H3. The molecule has 0 saturated heterocycles. The first-order valence-electron chi connectivity index (χ1n) is 10.3. The van der Waals surface area contributed by atoms with E-state index in [0.717, 1.165) is 35.8 Å². The van der Waals surface area contributed by atoms with Gasteiger partial charge in [-0.05, 0) is 86.3 Å². The molecule has 0 aliphatic heterocycles. The van der Waals surface area contributed by atoms with Crippen LogP contribution in [-0.2, 0) is 6.54 Å². The van der Waals surface area contributed by atoms with Crippen LogP contribution >= 0.6 is 0 Å². The van der Waals surface area contributed by atoms with Gasteiger partial charge in [0.1, 0.15) is 6.61 Å². The highest BCUT2D eigenvalue weighted by Crippen LogP contribution is 2.61. The van der Waals surface area contributed by atoms with Gasteiger partial charge in [0.25, 0.3) is 0 Å². The zero-order valence-electron chi connectivity index (χ0n) is 16.3. The van der Waals surface area contributed by atoms with Crippen molar-refractivity contribution in [2.24, 2.45) is 23.2 Å². The molecule has 3 heteroatoms. The molecule has 0 amide bonds. The highest BCUT2D eigenvalue weighted by Gasteiger charge is 2.52. The molecule has 1 unspecified atom stereocenters. The molecule has 1 atom stereocenters. The lowest BCUT2D eigenvalue weighted by Gasteiger charge is -2.59. The summed E-state index contributed by atoms with van der Waals surface area (Å²) in [4.78, 5) is 0. The summed E-state index contributed by atoms with van der Waals surface area (Å²) in [7, 11) is 1.70. The van der Waals surface area contributed by atoms with Crippen molar-refractivity contribution in [3.63, 3.8) is 0 Å². The molecule has 3 nitrogen and oxygen atoms in total. The fraction of sp³-hybridized carbons (Fsp3) is 0.652. The van der Waals surface area contributed by atoms with Crippen molar-refractivity contribution < 1.29 is 9.47 Å². The summed E-state index contributed by atoms with van der Waals surface area (Å²) >= 11 is 0. The Bertz CT molecular complexity index is 618. The molecule has 1 N–H and O–H groups in total. The Morgan fingerprint density at radius 2 is 1.81 bits per heavy atom. The lowest BCUT2D eigenvalue weighted by atomic mass is 9.48. The van der Waals surface area contributed by atoms with Gasteiger partial charge < -0.3 is 14.8 Å². The molecule has 1 aromatic rings. The molecular formula is C23H33NO2. The van der Waals surface area contributed by atoms with Gasteiger partial charge in [0.15, 0.2) is 11.5 Å². The molecule has 5 rings (SSSR count). The van der Waals surface area contributed by atoms with Gasteiger partial charge in [0, 0.05) is 12.6 Å². The van der Waals surface area contributed by atoms with E-state index in [9.17, 15) is 0 Å². The van der Waals surface area contributed by atoms with Crippen LogP contribution in [0.25, 0.3) is 0 Å². The summed E-state index contributed by atoms with van der Waals surface area (Å²) in [5.41, 5.74) is 1.80. The van der Waals surface area contributed by atoms with E-state index in [-0.39, 0.29) is 0 Å². The van der Waals surface area contributed by atoms with Crippen LogP contribution in [0, 0.1) is 23.2 Å². The van der Waals surface area contributed by atoms with Gasteiger partial charge in [-0.15, -0.1) is 0 Å². The summed E-state index contributed by atoms with van der Waals surface area (Å²) < 4.78 is 11.2. The largest absolute Gasteiger partial charge is 0.493 e. The Morgan fingerprint density at radius 3 is 2.38 bits per heavy atom. The minimum absolute atomic E-state index is 0.497. The van der Waals surface area contributed by atoms with Gasteiger partial charge in [-0.1, -0.05) is 18.7 Å². The maximum atomic E-state index is 5.66. The van der Waals surface area contributed by atoms with E-state index in [1.165, 1.54) is 44.1 Å². The Hall–Kier alpha value is -1.48. The number of rotatable bonds is 8. The lowest BCUT2D eigenvalue weighted by molar-refractivity contribution is -0.0706. The summed E-state index contributed by atoms with van der Waals surface area (Å²) in [6.45, 7) is 7.51. The van der Waals surface area contributed by atoms with Gasteiger partial charge in [-0.3, -0.25) is 0 Å². The monoisotopic (exact) mass is 355 g/mol. The van der Waals surface area contributed by atoms with Crippen LogP contribution in [0.1, 0.15) is 51.0 Å². The molecule has 4 saturated carbocycles. The molecule has 26 heavy (non-hydrogen) atoms. The van der Waals surface area contributed by atoms with E-state index in [4.69, 9.17) is 9.47 Å². The first-order chi connectivity index (χ1) is 12.6. The first kappa shape index (κ1) is 17.9. The number of hydrogen-bond donors (Lipinski definition) is 1. The quantitative estimate of drug-likeness (QED) is 0.669. The van der Waals surface area contributed by atoms with E-state index in [0.29, 0.717) is 18.1 Å². The average Bonchev–Trinajstić information content (AvgIpc) is 2.63. The summed E-state index contributed by atoms with van der Waals surface area (Å²) in [6, 6.07) is 6.82. The Labute approximate surface area is 158 Å². The van der Waals surface area contributed by atoms with Crippen molar-refractivity contribution in [3.05, 3.63) is 36.4 Å². The maximum absolute atomic E-state index is 5.66. The van der Waals surface area contributed by atoms with Crippen LogP contribution in [-0.4, -0.2) is 19.8 Å². The van der Waals surface area contributed by atoms with E-state index >= 15 is 0 Å². The summed E-state index contributed by atoms with van der Waals surface area (Å²) in [5, 5.41) is 3.86. The molecule has 4 fully saturated rings. The first-order valence-corrected chi connectivity index (χ1v) is 10.3. The molecule has 4 bridgehead atoms. The fourth-order valence-electron chi connectivity index (χ4n) is 6.29. The van der Waals surface area contributed by atoms with Crippen molar-refractivity contribution in [2.75, 3.05) is 13.7 Å².